The molecular formula is C41H48IrNO3S2-. The number of thiophene rings is 2. The van der Waals surface area contributed by atoms with Gasteiger partial charge in [-0.15, -0.1) is 34.9 Å². The Labute approximate surface area is 307 Å². The SMILES string of the molecule is CCC(C)(CC)C(=O)/C=C(\O)C(C)(CC)CC.Cc1cc2cc3sc4ccnc(-c5[c-]c6ccsc6c(C(C)(C)C)c5)c4c3cc2o1.[Ir]. The van der Waals surface area contributed by atoms with E-state index in [2.05, 4.69) is 68.6 Å². The van der Waals surface area contributed by atoms with Crippen LogP contribution in [-0.4, -0.2) is 15.9 Å². The largest absolute Gasteiger partial charge is 0.512 e. The number of aromatic nitrogens is 1. The van der Waals surface area contributed by atoms with Crippen LogP contribution in [0.4, 0.5) is 0 Å². The fraction of sp³-hybridized carbons (Fsp3) is 0.415. The van der Waals surface area contributed by atoms with Gasteiger partial charge in [0.1, 0.15) is 17.1 Å². The van der Waals surface area contributed by atoms with Crippen LogP contribution in [0.3, 0.4) is 0 Å². The van der Waals surface area contributed by atoms with Crippen LogP contribution in [-0.2, 0) is 30.3 Å². The van der Waals surface area contributed by atoms with Crippen molar-refractivity contribution in [2.24, 2.45) is 10.8 Å². The first-order valence-corrected chi connectivity index (χ1v) is 18.5. The van der Waals surface area contributed by atoms with E-state index in [1.54, 1.807) is 11.3 Å². The van der Waals surface area contributed by atoms with Gasteiger partial charge in [0.15, 0.2) is 5.78 Å². The molecule has 7 heteroatoms. The van der Waals surface area contributed by atoms with Crippen molar-refractivity contribution >= 4 is 69.7 Å². The first kappa shape index (κ1) is 38.0. The Hall–Kier alpha value is -2.83. The third kappa shape index (κ3) is 7.21. The average Bonchev–Trinajstić information content (AvgIpc) is 3.77. The van der Waals surface area contributed by atoms with E-state index < -0.39 is 0 Å². The van der Waals surface area contributed by atoms with Gasteiger partial charge in [0.05, 0.1) is 0 Å². The molecule has 257 valence electrons. The number of fused-ring (bicyclic) bond motifs is 5. The molecule has 4 aromatic heterocycles. The van der Waals surface area contributed by atoms with Crippen molar-refractivity contribution in [3.8, 4) is 11.3 Å². The van der Waals surface area contributed by atoms with Gasteiger partial charge in [0, 0.05) is 63.7 Å². The van der Waals surface area contributed by atoms with Gasteiger partial charge in [-0.3, -0.25) is 9.78 Å². The number of carbonyl (C=O) groups is 1. The van der Waals surface area contributed by atoms with Crippen molar-refractivity contribution in [1.82, 2.24) is 4.98 Å². The van der Waals surface area contributed by atoms with E-state index in [-0.39, 0.29) is 47.9 Å². The molecule has 4 nitrogen and oxygen atoms in total. The molecule has 0 aliphatic rings. The molecule has 0 aliphatic heterocycles. The zero-order valence-corrected chi connectivity index (χ0v) is 33.9. The van der Waals surface area contributed by atoms with Crippen molar-refractivity contribution in [2.45, 2.75) is 100 Å². The maximum absolute atomic E-state index is 12.2. The summed E-state index contributed by atoms with van der Waals surface area (Å²) in [5.74, 6) is 1.23. The molecule has 0 atom stereocenters. The van der Waals surface area contributed by atoms with Crippen molar-refractivity contribution < 1.29 is 34.4 Å². The first-order chi connectivity index (χ1) is 22.2. The van der Waals surface area contributed by atoms with Gasteiger partial charge in [-0.1, -0.05) is 73.4 Å². The fourth-order valence-electron chi connectivity index (χ4n) is 5.97. The van der Waals surface area contributed by atoms with Gasteiger partial charge in [-0.25, -0.2) is 0 Å². The molecule has 0 saturated heterocycles. The molecule has 6 rings (SSSR count). The van der Waals surface area contributed by atoms with Crippen LogP contribution >= 0.6 is 22.7 Å². The molecule has 2 aromatic carbocycles. The van der Waals surface area contributed by atoms with Crippen molar-refractivity contribution in [3.05, 3.63) is 77.2 Å². The number of allylic oxidation sites excluding steroid dienone is 2. The molecule has 0 aliphatic carbocycles. The predicted octanol–water partition coefficient (Wildman–Crippen LogP) is 13.1. The standard InChI is InChI=1S/C26H20NOS2.C15H28O2.Ir/c1-14-9-16-12-22-18(13-20(16)28-14)23-21(30-22)5-7-27-24(23)17-10-15-6-8-29-25(15)19(11-17)26(2,3)4;1-7-14(5,8-2)12(16)11-13(17)15(6,9-3)10-4;/h5-9,11-13H,1-4H3;11,16H,7-10H2,1-6H3;/q-1;;/b;12-11-;. The topological polar surface area (TPSA) is 63.3 Å². The number of hydrogen-bond donors (Lipinski definition) is 1. The third-order valence-corrected chi connectivity index (χ3v) is 12.3. The molecule has 0 fully saturated rings. The summed E-state index contributed by atoms with van der Waals surface area (Å²) in [6.07, 6.45) is 6.67. The molecule has 0 spiro atoms. The minimum Gasteiger partial charge on any atom is -0.512 e. The summed E-state index contributed by atoms with van der Waals surface area (Å²) in [5, 5.41) is 17.0. The number of furan rings is 1. The smallest absolute Gasteiger partial charge is 0.164 e. The molecule has 1 radical (unpaired) electrons. The quantitative estimate of drug-likeness (QED) is 0.0941. The molecular weight excluding hydrogens is 811 g/mol. The number of rotatable bonds is 8. The van der Waals surface area contributed by atoms with Gasteiger partial charge in [0.25, 0.3) is 0 Å². The number of pyridine rings is 1. The Morgan fingerprint density at radius 1 is 0.938 bits per heavy atom. The Balaban J connectivity index is 0.000000251. The summed E-state index contributed by atoms with van der Waals surface area (Å²) < 4.78 is 9.76. The molecule has 0 amide bonds. The van der Waals surface area contributed by atoms with Crippen LogP contribution in [0.25, 0.3) is 52.5 Å². The van der Waals surface area contributed by atoms with Crippen LogP contribution in [0.5, 0.6) is 0 Å². The maximum Gasteiger partial charge on any atom is 0.164 e. The third-order valence-electron chi connectivity index (χ3n) is 10.3. The Kier molecular flexibility index (Phi) is 11.5. The summed E-state index contributed by atoms with van der Waals surface area (Å²) in [5.41, 5.74) is 3.79. The molecule has 1 N–H and O–H groups in total. The Morgan fingerprint density at radius 3 is 2.23 bits per heavy atom. The molecule has 0 unspecified atom stereocenters. The van der Waals surface area contributed by atoms with Crippen molar-refractivity contribution in [2.75, 3.05) is 0 Å². The minimum absolute atomic E-state index is 0. The van der Waals surface area contributed by atoms with Crippen LogP contribution in [0, 0.1) is 23.8 Å². The number of benzene rings is 2. The fourth-order valence-corrected chi connectivity index (χ4v) is 8.18. The first-order valence-electron chi connectivity index (χ1n) is 16.8. The number of aryl methyl sites for hydroxylation is 1. The van der Waals surface area contributed by atoms with Gasteiger partial charge in [-0.2, -0.15) is 11.3 Å². The van der Waals surface area contributed by atoms with Crippen LogP contribution < -0.4 is 0 Å². The molecule has 0 saturated carbocycles. The normalized spacial score (nSPS) is 12.8. The summed E-state index contributed by atoms with van der Waals surface area (Å²) in [4.78, 5) is 17.0. The summed E-state index contributed by atoms with van der Waals surface area (Å²) in [7, 11) is 0. The van der Waals surface area contributed by atoms with E-state index in [1.807, 2.05) is 66.0 Å². The van der Waals surface area contributed by atoms with Crippen LogP contribution in [0.15, 0.2) is 64.2 Å². The van der Waals surface area contributed by atoms with E-state index in [0.717, 1.165) is 53.7 Å². The van der Waals surface area contributed by atoms with Crippen LogP contribution in [0.2, 0.25) is 0 Å². The molecule has 4 heterocycles. The summed E-state index contributed by atoms with van der Waals surface area (Å²) >= 11 is 3.61. The minimum atomic E-state index is -0.337. The maximum atomic E-state index is 12.2. The monoisotopic (exact) mass is 859 g/mol. The summed E-state index contributed by atoms with van der Waals surface area (Å²) in [6.45, 7) is 20.9. The average molecular weight is 859 g/mol. The van der Waals surface area contributed by atoms with Gasteiger partial charge >= 0.3 is 0 Å². The van der Waals surface area contributed by atoms with E-state index in [4.69, 9.17) is 9.40 Å². The zero-order chi connectivity index (χ0) is 34.3. The number of hydrogen-bond acceptors (Lipinski definition) is 6. The Morgan fingerprint density at radius 2 is 1.60 bits per heavy atom. The van der Waals surface area contributed by atoms with Gasteiger partial charge < -0.3 is 9.52 Å². The van der Waals surface area contributed by atoms with Gasteiger partial charge in [0.2, 0.25) is 0 Å². The van der Waals surface area contributed by atoms with E-state index >= 15 is 0 Å². The molecule has 48 heavy (non-hydrogen) atoms. The number of ketones is 1. The van der Waals surface area contributed by atoms with E-state index in [1.165, 1.54) is 41.9 Å². The molecule has 6 aromatic rings. The number of carbonyl (C=O) groups excluding carboxylic acids is 1. The Bertz CT molecular complexity index is 2100. The van der Waals surface area contributed by atoms with Gasteiger partial charge in [-0.05, 0) is 83.1 Å². The van der Waals surface area contributed by atoms with Crippen molar-refractivity contribution in [3.63, 3.8) is 0 Å². The second-order valence-electron chi connectivity index (χ2n) is 14.3. The van der Waals surface area contributed by atoms with E-state index in [0.29, 0.717) is 0 Å². The molecule has 0 bridgehead atoms. The van der Waals surface area contributed by atoms with Crippen LogP contribution in [0.1, 0.15) is 99.3 Å². The van der Waals surface area contributed by atoms with E-state index in [9.17, 15) is 9.90 Å². The van der Waals surface area contributed by atoms with Crippen molar-refractivity contribution in [1.29, 1.82) is 0 Å². The summed E-state index contributed by atoms with van der Waals surface area (Å²) in [6, 6.07) is 16.7. The number of nitrogens with zero attached hydrogens (tertiary/aromatic N) is 1. The predicted molar refractivity (Wildman–Crippen MR) is 203 cm³/mol. The zero-order valence-electron chi connectivity index (χ0n) is 29.9. The number of aliphatic hydroxyl groups is 1. The second-order valence-corrected chi connectivity index (χ2v) is 16.3. The number of aliphatic hydroxyl groups excluding tert-OH is 1. The second kappa shape index (κ2) is 14.6.